The lowest BCUT2D eigenvalue weighted by atomic mass is 10.0. The van der Waals surface area contributed by atoms with Gasteiger partial charge in [0.15, 0.2) is 0 Å². The van der Waals surface area contributed by atoms with Crippen LogP contribution >= 0.6 is 27.5 Å². The Bertz CT molecular complexity index is 641. The molecule has 2 aromatic rings. The standard InChI is InChI=1S/C15H12BrClF2O2/c1-20-9-3-4-10(13(7-9)21-2)15(17)14-11(18)5-8(16)6-12(14)19/h3-7,15H,1-2H3. The highest BCUT2D eigenvalue weighted by Gasteiger charge is 2.23. The molecule has 0 spiro atoms. The number of benzene rings is 2. The molecule has 0 aliphatic rings. The zero-order valence-corrected chi connectivity index (χ0v) is 13.6. The topological polar surface area (TPSA) is 18.5 Å². The lowest BCUT2D eigenvalue weighted by Crippen LogP contribution is -2.03. The summed E-state index contributed by atoms with van der Waals surface area (Å²) < 4.78 is 38.6. The van der Waals surface area contributed by atoms with E-state index in [1.165, 1.54) is 26.4 Å². The summed E-state index contributed by atoms with van der Waals surface area (Å²) >= 11 is 9.29. The molecule has 0 aromatic heterocycles. The normalized spacial score (nSPS) is 12.1. The van der Waals surface area contributed by atoms with Gasteiger partial charge < -0.3 is 9.47 Å². The molecule has 2 nitrogen and oxygen atoms in total. The maximum atomic E-state index is 14.0. The summed E-state index contributed by atoms with van der Waals surface area (Å²) in [5.41, 5.74) is 0.239. The predicted octanol–water partition coefficient (Wildman–Crippen LogP) is 5.07. The van der Waals surface area contributed by atoms with Gasteiger partial charge in [-0.05, 0) is 24.3 Å². The quantitative estimate of drug-likeness (QED) is 0.692. The Morgan fingerprint density at radius 1 is 1.05 bits per heavy atom. The number of alkyl halides is 1. The van der Waals surface area contributed by atoms with Crippen LogP contribution in [0.3, 0.4) is 0 Å². The van der Waals surface area contributed by atoms with E-state index in [1.54, 1.807) is 18.2 Å². The fraction of sp³-hybridized carbons (Fsp3) is 0.200. The molecule has 21 heavy (non-hydrogen) atoms. The van der Waals surface area contributed by atoms with Crippen molar-refractivity contribution in [2.24, 2.45) is 0 Å². The molecule has 0 saturated carbocycles. The lowest BCUT2D eigenvalue weighted by Gasteiger charge is -2.16. The van der Waals surface area contributed by atoms with Crippen LogP contribution in [-0.2, 0) is 0 Å². The summed E-state index contributed by atoms with van der Waals surface area (Å²) in [6.07, 6.45) is 0. The molecule has 112 valence electrons. The molecule has 0 aliphatic carbocycles. The van der Waals surface area contributed by atoms with Gasteiger partial charge in [-0.3, -0.25) is 0 Å². The number of hydrogen-bond acceptors (Lipinski definition) is 2. The van der Waals surface area contributed by atoms with Crippen LogP contribution in [0, 0.1) is 11.6 Å². The van der Waals surface area contributed by atoms with E-state index in [4.69, 9.17) is 21.1 Å². The zero-order chi connectivity index (χ0) is 15.6. The fourth-order valence-electron chi connectivity index (χ4n) is 1.98. The SMILES string of the molecule is COc1ccc(C(Cl)c2c(F)cc(Br)cc2F)c(OC)c1. The summed E-state index contributed by atoms with van der Waals surface area (Å²) in [5.74, 6) is -0.480. The second kappa shape index (κ2) is 6.62. The third-order valence-corrected chi connectivity index (χ3v) is 3.92. The predicted molar refractivity (Wildman–Crippen MR) is 81.3 cm³/mol. The first-order valence-electron chi connectivity index (χ1n) is 5.98. The van der Waals surface area contributed by atoms with E-state index < -0.39 is 17.0 Å². The van der Waals surface area contributed by atoms with E-state index in [1.807, 2.05) is 0 Å². The Morgan fingerprint density at radius 3 is 2.19 bits per heavy atom. The fourth-order valence-corrected chi connectivity index (χ4v) is 2.77. The minimum absolute atomic E-state index is 0.219. The molecule has 0 amide bonds. The Balaban J connectivity index is 2.52. The molecular formula is C15H12BrClF2O2. The van der Waals surface area contributed by atoms with E-state index in [0.717, 1.165) is 0 Å². The third-order valence-electron chi connectivity index (χ3n) is 3.01. The lowest BCUT2D eigenvalue weighted by molar-refractivity contribution is 0.391. The molecule has 0 N–H and O–H groups in total. The van der Waals surface area contributed by atoms with Crippen LogP contribution < -0.4 is 9.47 Å². The minimum atomic E-state index is -1.01. The molecular weight excluding hydrogens is 366 g/mol. The summed E-state index contributed by atoms with van der Waals surface area (Å²) in [7, 11) is 2.97. The van der Waals surface area contributed by atoms with Gasteiger partial charge in [0.1, 0.15) is 23.1 Å². The first-order valence-corrected chi connectivity index (χ1v) is 7.21. The molecule has 0 saturated heterocycles. The molecule has 6 heteroatoms. The average Bonchev–Trinajstić information content (AvgIpc) is 2.45. The van der Waals surface area contributed by atoms with E-state index in [0.29, 0.717) is 21.5 Å². The van der Waals surface area contributed by atoms with E-state index in [-0.39, 0.29) is 5.56 Å². The average molecular weight is 378 g/mol. The third kappa shape index (κ3) is 3.30. The number of ether oxygens (including phenoxy) is 2. The van der Waals surface area contributed by atoms with Crippen LogP contribution in [0.5, 0.6) is 11.5 Å². The maximum absolute atomic E-state index is 14.0. The molecule has 1 unspecified atom stereocenters. The molecule has 0 fully saturated rings. The highest BCUT2D eigenvalue weighted by atomic mass is 79.9. The van der Waals surface area contributed by atoms with Crippen molar-refractivity contribution in [3.63, 3.8) is 0 Å². The maximum Gasteiger partial charge on any atom is 0.132 e. The molecule has 0 bridgehead atoms. The Morgan fingerprint density at radius 2 is 1.67 bits per heavy atom. The van der Waals surface area contributed by atoms with Crippen molar-refractivity contribution in [2.75, 3.05) is 14.2 Å². The van der Waals surface area contributed by atoms with Crippen molar-refractivity contribution < 1.29 is 18.3 Å². The summed E-state index contributed by atoms with van der Waals surface area (Å²) in [5, 5.41) is -1.01. The summed E-state index contributed by atoms with van der Waals surface area (Å²) in [6, 6.07) is 7.23. The second-order valence-corrected chi connectivity index (χ2v) is 5.61. The number of hydrogen-bond donors (Lipinski definition) is 0. The number of rotatable bonds is 4. The minimum Gasteiger partial charge on any atom is -0.497 e. The van der Waals surface area contributed by atoms with E-state index in [9.17, 15) is 8.78 Å². The monoisotopic (exact) mass is 376 g/mol. The summed E-state index contributed by atoms with van der Waals surface area (Å²) in [6.45, 7) is 0. The van der Waals surface area contributed by atoms with Crippen LogP contribution in [0.2, 0.25) is 0 Å². The van der Waals surface area contributed by atoms with Crippen molar-refractivity contribution in [3.8, 4) is 11.5 Å². The number of methoxy groups -OCH3 is 2. The summed E-state index contributed by atoms with van der Waals surface area (Å²) in [4.78, 5) is 0. The molecule has 0 aliphatic heterocycles. The van der Waals surface area contributed by atoms with Gasteiger partial charge in [-0.25, -0.2) is 8.78 Å². The van der Waals surface area contributed by atoms with Gasteiger partial charge in [0.2, 0.25) is 0 Å². The van der Waals surface area contributed by atoms with Crippen LogP contribution in [0.25, 0.3) is 0 Å². The smallest absolute Gasteiger partial charge is 0.132 e. The molecule has 0 radical (unpaired) electrons. The van der Waals surface area contributed by atoms with Gasteiger partial charge in [0.25, 0.3) is 0 Å². The van der Waals surface area contributed by atoms with E-state index >= 15 is 0 Å². The highest BCUT2D eigenvalue weighted by molar-refractivity contribution is 9.10. The largest absolute Gasteiger partial charge is 0.497 e. The van der Waals surface area contributed by atoms with Crippen molar-refractivity contribution in [2.45, 2.75) is 5.38 Å². The van der Waals surface area contributed by atoms with Crippen molar-refractivity contribution in [3.05, 3.63) is 57.6 Å². The van der Waals surface area contributed by atoms with Gasteiger partial charge >= 0.3 is 0 Å². The Labute approximate surface area is 134 Å². The van der Waals surface area contributed by atoms with Gasteiger partial charge in [-0.15, -0.1) is 11.6 Å². The van der Waals surface area contributed by atoms with Gasteiger partial charge in [0, 0.05) is 21.7 Å². The van der Waals surface area contributed by atoms with Crippen LogP contribution in [0.4, 0.5) is 8.78 Å². The zero-order valence-electron chi connectivity index (χ0n) is 11.3. The van der Waals surface area contributed by atoms with Crippen LogP contribution in [0.15, 0.2) is 34.8 Å². The van der Waals surface area contributed by atoms with Gasteiger partial charge in [-0.1, -0.05) is 15.9 Å². The molecule has 2 rings (SSSR count). The van der Waals surface area contributed by atoms with E-state index in [2.05, 4.69) is 15.9 Å². The molecule has 2 aromatic carbocycles. The number of halogens is 4. The van der Waals surface area contributed by atoms with Gasteiger partial charge in [-0.2, -0.15) is 0 Å². The van der Waals surface area contributed by atoms with Gasteiger partial charge in [0.05, 0.1) is 19.6 Å². The Kier molecular flexibility index (Phi) is 5.06. The van der Waals surface area contributed by atoms with Crippen molar-refractivity contribution in [1.82, 2.24) is 0 Å². The second-order valence-electron chi connectivity index (χ2n) is 4.25. The first kappa shape index (κ1) is 16.0. The first-order chi connectivity index (χ1) is 9.97. The Hall–Kier alpha value is -1.33. The molecule has 1 atom stereocenters. The van der Waals surface area contributed by atoms with Crippen molar-refractivity contribution >= 4 is 27.5 Å². The molecule has 0 heterocycles. The van der Waals surface area contributed by atoms with Crippen LogP contribution in [-0.4, -0.2) is 14.2 Å². The van der Waals surface area contributed by atoms with Crippen LogP contribution in [0.1, 0.15) is 16.5 Å². The highest BCUT2D eigenvalue weighted by Crippen LogP contribution is 2.39. The van der Waals surface area contributed by atoms with Crippen molar-refractivity contribution in [1.29, 1.82) is 0 Å².